The number of hydrogen-bond acceptors (Lipinski definition) is 3. The van der Waals surface area contributed by atoms with Crippen LogP contribution in [0.25, 0.3) is 0 Å². The number of halogens is 3. The van der Waals surface area contributed by atoms with Gasteiger partial charge in [0.2, 0.25) is 5.91 Å². The molecule has 0 aliphatic carbocycles. The Kier molecular flexibility index (Phi) is 8.08. The van der Waals surface area contributed by atoms with Gasteiger partial charge in [-0.1, -0.05) is 30.9 Å². The van der Waals surface area contributed by atoms with Crippen LogP contribution in [0.1, 0.15) is 5.56 Å². The Balaban J connectivity index is 1.89. The van der Waals surface area contributed by atoms with Gasteiger partial charge in [-0.15, -0.1) is 0 Å². The number of benzene rings is 2. The van der Waals surface area contributed by atoms with Gasteiger partial charge in [0.25, 0.3) is 0 Å². The minimum absolute atomic E-state index is 0.271. The highest BCUT2D eigenvalue weighted by Crippen LogP contribution is 2.19. The lowest BCUT2D eigenvalue weighted by Gasteiger charge is -2.14. The van der Waals surface area contributed by atoms with E-state index in [1.54, 1.807) is 6.08 Å². The predicted molar refractivity (Wildman–Crippen MR) is 105 cm³/mol. The van der Waals surface area contributed by atoms with Gasteiger partial charge in [-0.25, -0.2) is 13.2 Å². The number of carbonyl (C=O) groups is 1. The number of anilines is 1. The van der Waals surface area contributed by atoms with E-state index in [2.05, 4.69) is 27.5 Å². The molecule has 0 spiro atoms. The van der Waals surface area contributed by atoms with Gasteiger partial charge in [0.05, 0.1) is 12.2 Å². The second-order valence-corrected chi connectivity index (χ2v) is 5.76. The second-order valence-electron chi connectivity index (χ2n) is 5.76. The first kappa shape index (κ1) is 21.8. The van der Waals surface area contributed by atoms with E-state index in [0.29, 0.717) is 24.9 Å². The number of aliphatic imine (C=N–C) groups is 1. The summed E-state index contributed by atoms with van der Waals surface area (Å²) in [5.41, 5.74) is 0.414. The van der Waals surface area contributed by atoms with E-state index >= 15 is 0 Å². The fraction of sp³-hybridized carbons (Fsp3) is 0.200. The average molecular weight is 406 g/mol. The first-order chi connectivity index (χ1) is 14.0. The maximum Gasteiger partial charge on any atom is 0.243 e. The van der Waals surface area contributed by atoms with Crippen LogP contribution >= 0.6 is 0 Å². The Morgan fingerprint density at radius 1 is 1.14 bits per heavy atom. The first-order valence-electron chi connectivity index (χ1n) is 8.65. The van der Waals surface area contributed by atoms with Gasteiger partial charge in [-0.3, -0.25) is 9.79 Å². The third-order valence-corrected chi connectivity index (χ3v) is 3.72. The van der Waals surface area contributed by atoms with Gasteiger partial charge in [0.15, 0.2) is 23.4 Å². The van der Waals surface area contributed by atoms with Gasteiger partial charge >= 0.3 is 0 Å². The van der Waals surface area contributed by atoms with Crippen molar-refractivity contribution in [2.45, 2.75) is 6.54 Å². The quantitative estimate of drug-likeness (QED) is 0.273. The first-order valence-corrected chi connectivity index (χ1v) is 8.65. The van der Waals surface area contributed by atoms with Crippen LogP contribution < -0.4 is 20.7 Å². The zero-order chi connectivity index (χ0) is 21.2. The van der Waals surface area contributed by atoms with Crippen molar-refractivity contribution in [3.8, 4) is 5.75 Å². The summed E-state index contributed by atoms with van der Waals surface area (Å²) in [4.78, 5) is 16.0. The maximum absolute atomic E-state index is 13.6. The van der Waals surface area contributed by atoms with E-state index in [1.165, 1.54) is 7.05 Å². The van der Waals surface area contributed by atoms with Crippen molar-refractivity contribution in [1.82, 2.24) is 10.6 Å². The largest absolute Gasteiger partial charge is 0.489 e. The molecule has 0 fully saturated rings. The molecule has 2 rings (SSSR count). The Morgan fingerprint density at radius 3 is 2.62 bits per heavy atom. The topological polar surface area (TPSA) is 74.8 Å². The summed E-state index contributed by atoms with van der Waals surface area (Å²) in [5, 5.41) is 7.94. The van der Waals surface area contributed by atoms with Gasteiger partial charge in [-0.2, -0.15) is 0 Å². The molecule has 154 valence electrons. The van der Waals surface area contributed by atoms with Crippen molar-refractivity contribution in [3.05, 3.63) is 72.1 Å². The highest BCUT2D eigenvalue weighted by molar-refractivity contribution is 5.95. The predicted octanol–water partition coefficient (Wildman–Crippen LogP) is 2.97. The van der Waals surface area contributed by atoms with Crippen molar-refractivity contribution < 1.29 is 22.7 Å². The molecule has 2 aromatic rings. The molecule has 0 aromatic heterocycles. The molecule has 0 heterocycles. The van der Waals surface area contributed by atoms with Crippen LogP contribution in [0.2, 0.25) is 0 Å². The van der Waals surface area contributed by atoms with Crippen molar-refractivity contribution in [3.63, 3.8) is 0 Å². The van der Waals surface area contributed by atoms with Crippen molar-refractivity contribution >= 4 is 17.6 Å². The number of guanidine groups is 1. The molecular weight excluding hydrogens is 385 g/mol. The molecule has 0 radical (unpaired) electrons. The van der Waals surface area contributed by atoms with E-state index in [9.17, 15) is 18.0 Å². The fourth-order valence-electron chi connectivity index (χ4n) is 2.32. The molecule has 9 heteroatoms. The summed E-state index contributed by atoms with van der Waals surface area (Å²) >= 11 is 0. The lowest BCUT2D eigenvalue weighted by molar-refractivity contribution is -0.115. The molecule has 0 atom stereocenters. The van der Waals surface area contributed by atoms with Crippen LogP contribution in [0.3, 0.4) is 0 Å². The Morgan fingerprint density at radius 2 is 1.90 bits per heavy atom. The molecule has 0 aliphatic heterocycles. The molecular formula is C20H21F3N4O2. The Bertz CT molecular complexity index is 903. The number of hydrogen-bond donors (Lipinski definition) is 3. The maximum atomic E-state index is 13.6. The third-order valence-electron chi connectivity index (χ3n) is 3.72. The van der Waals surface area contributed by atoms with Crippen LogP contribution in [0.4, 0.5) is 18.9 Å². The van der Waals surface area contributed by atoms with E-state index in [0.717, 1.165) is 17.7 Å². The van der Waals surface area contributed by atoms with Gasteiger partial charge in [-0.05, 0) is 18.2 Å². The highest BCUT2D eigenvalue weighted by atomic mass is 19.2. The van der Waals surface area contributed by atoms with E-state index in [1.807, 2.05) is 24.3 Å². The van der Waals surface area contributed by atoms with Crippen LogP contribution in [0, 0.1) is 17.5 Å². The number of rotatable bonds is 8. The number of amides is 1. The normalized spacial score (nSPS) is 11.0. The number of ether oxygens (including phenoxy) is 1. The lowest BCUT2D eigenvalue weighted by Crippen LogP contribution is -2.41. The number of nitrogens with one attached hydrogen (secondary N) is 3. The number of carbonyl (C=O) groups excluding carboxylic acids is 1. The van der Waals surface area contributed by atoms with E-state index in [4.69, 9.17) is 4.74 Å². The average Bonchev–Trinajstić information content (AvgIpc) is 2.73. The SMILES string of the molecule is C=CCOc1ccccc1CNC(=NC)NCC(=O)Nc1ccc(F)c(F)c1F. The molecule has 1 amide bonds. The molecule has 29 heavy (non-hydrogen) atoms. The van der Waals surface area contributed by atoms with Gasteiger partial charge in [0.1, 0.15) is 12.4 Å². The van der Waals surface area contributed by atoms with E-state index in [-0.39, 0.29) is 6.54 Å². The van der Waals surface area contributed by atoms with Crippen LogP contribution in [0.15, 0.2) is 54.0 Å². The molecule has 0 aliphatic rings. The molecule has 0 bridgehead atoms. The lowest BCUT2D eigenvalue weighted by atomic mass is 10.2. The zero-order valence-electron chi connectivity index (χ0n) is 15.8. The molecule has 0 saturated heterocycles. The third kappa shape index (κ3) is 6.27. The summed E-state index contributed by atoms with van der Waals surface area (Å²) < 4.78 is 45.4. The van der Waals surface area contributed by atoms with Crippen molar-refractivity contribution in [2.24, 2.45) is 4.99 Å². The summed E-state index contributed by atoms with van der Waals surface area (Å²) in [7, 11) is 1.52. The Labute approximate surface area is 166 Å². The Hall–Kier alpha value is -3.49. The fourth-order valence-corrected chi connectivity index (χ4v) is 2.32. The van der Waals surface area contributed by atoms with E-state index < -0.39 is 29.0 Å². The summed E-state index contributed by atoms with van der Waals surface area (Å²) in [6, 6.07) is 9.07. The van der Waals surface area contributed by atoms with Crippen LogP contribution in [0.5, 0.6) is 5.75 Å². The summed E-state index contributed by atoms with van der Waals surface area (Å²) in [5.74, 6) is -4.11. The molecule has 6 nitrogen and oxygen atoms in total. The second kappa shape index (κ2) is 10.7. The number of para-hydroxylation sites is 1. The van der Waals surface area contributed by atoms with Crippen molar-refractivity contribution in [1.29, 1.82) is 0 Å². The summed E-state index contributed by atoms with van der Waals surface area (Å²) in [6.45, 7) is 4.07. The number of nitrogens with zero attached hydrogens (tertiary/aromatic N) is 1. The van der Waals surface area contributed by atoms with Crippen LogP contribution in [-0.4, -0.2) is 32.1 Å². The molecule has 0 saturated carbocycles. The van der Waals surface area contributed by atoms with Crippen molar-refractivity contribution in [2.75, 3.05) is 25.5 Å². The van der Waals surface area contributed by atoms with Gasteiger partial charge < -0.3 is 20.7 Å². The van der Waals surface area contributed by atoms with Gasteiger partial charge in [0, 0.05) is 19.2 Å². The molecule has 3 N–H and O–H groups in total. The monoisotopic (exact) mass is 406 g/mol. The minimum Gasteiger partial charge on any atom is -0.489 e. The minimum atomic E-state index is -1.65. The molecule has 0 unspecified atom stereocenters. The van der Waals surface area contributed by atoms with Crippen LogP contribution in [-0.2, 0) is 11.3 Å². The highest BCUT2D eigenvalue weighted by Gasteiger charge is 2.15. The summed E-state index contributed by atoms with van der Waals surface area (Å²) in [6.07, 6.45) is 1.64. The molecule has 2 aromatic carbocycles. The smallest absolute Gasteiger partial charge is 0.243 e. The standard InChI is InChI=1S/C20H21F3N4O2/c1-3-10-29-16-7-5-4-6-13(16)11-25-20(24-2)26-12-17(28)27-15-9-8-14(21)18(22)19(15)23/h3-9H,1,10-12H2,2H3,(H,27,28)(H2,24,25,26). The zero-order valence-corrected chi connectivity index (χ0v) is 15.8.